The molecule has 0 aliphatic carbocycles. The van der Waals surface area contributed by atoms with Crippen molar-refractivity contribution in [3.8, 4) is 10.7 Å². The normalized spacial score (nSPS) is 10.8. The molecule has 22 heavy (non-hydrogen) atoms. The average Bonchev–Trinajstić information content (AvgIpc) is 3.17. The first kappa shape index (κ1) is 15.0. The summed E-state index contributed by atoms with van der Waals surface area (Å²) in [6.07, 6.45) is 0. The molecule has 0 aliphatic heterocycles. The summed E-state index contributed by atoms with van der Waals surface area (Å²) in [6, 6.07) is 9.89. The lowest BCUT2D eigenvalue weighted by atomic mass is 10.0. The maximum atomic E-state index is 12.3. The Labute approximate surface area is 137 Å². The first-order chi connectivity index (χ1) is 10.6. The topological polar surface area (TPSA) is 58.6 Å². The molecule has 0 saturated heterocycles. The van der Waals surface area contributed by atoms with E-state index in [4.69, 9.17) is 0 Å². The van der Waals surface area contributed by atoms with E-state index in [0.717, 1.165) is 27.4 Å². The number of aryl methyl sites for hydroxylation is 2. The van der Waals surface area contributed by atoms with E-state index in [0.29, 0.717) is 10.9 Å². The molecule has 0 saturated carbocycles. The molecule has 1 N–H and O–H groups in total. The summed E-state index contributed by atoms with van der Waals surface area (Å²) in [5, 5.41) is 9.66. The van der Waals surface area contributed by atoms with Crippen molar-refractivity contribution in [3.05, 3.63) is 52.4 Å². The number of carbonyl (C=O) groups excluding carboxylic acids is 1. The Morgan fingerprint density at radius 2 is 2.18 bits per heavy atom. The highest BCUT2D eigenvalue weighted by Crippen LogP contribution is 2.24. The summed E-state index contributed by atoms with van der Waals surface area (Å²) < 4.78 is 0. The third-order valence-corrected chi connectivity index (χ3v) is 4.97. The molecular formula is C16H15N3OS2. The van der Waals surface area contributed by atoms with Crippen LogP contribution < -0.4 is 0 Å². The van der Waals surface area contributed by atoms with Gasteiger partial charge >= 0.3 is 0 Å². The van der Waals surface area contributed by atoms with Gasteiger partial charge in [-0.25, -0.2) is 4.98 Å². The lowest BCUT2D eigenvalue weighted by Gasteiger charge is -2.05. The number of hydrogen-bond acceptors (Lipinski definition) is 5. The Hall–Kier alpha value is -1.92. The van der Waals surface area contributed by atoms with Gasteiger partial charge in [0.15, 0.2) is 11.6 Å². The lowest BCUT2D eigenvalue weighted by Crippen LogP contribution is -2.05. The molecule has 3 rings (SSSR count). The maximum absolute atomic E-state index is 12.3. The average molecular weight is 329 g/mol. The maximum Gasteiger partial charge on any atom is 0.209 e. The summed E-state index contributed by atoms with van der Waals surface area (Å²) in [5.41, 5.74) is 2.88. The van der Waals surface area contributed by atoms with E-state index in [1.165, 1.54) is 11.8 Å². The van der Waals surface area contributed by atoms with Crippen molar-refractivity contribution >= 4 is 28.9 Å². The highest BCUT2D eigenvalue weighted by Gasteiger charge is 2.12. The van der Waals surface area contributed by atoms with Crippen LogP contribution in [0.1, 0.15) is 21.5 Å². The number of carbonyl (C=O) groups is 1. The van der Waals surface area contributed by atoms with Gasteiger partial charge in [-0.2, -0.15) is 0 Å². The van der Waals surface area contributed by atoms with Crippen LogP contribution in [0.15, 0.2) is 40.9 Å². The number of nitrogens with one attached hydrogen (secondary N) is 1. The molecule has 4 nitrogen and oxygen atoms in total. The summed E-state index contributed by atoms with van der Waals surface area (Å²) in [6.45, 7) is 3.95. The van der Waals surface area contributed by atoms with Crippen LogP contribution in [0.3, 0.4) is 0 Å². The van der Waals surface area contributed by atoms with Gasteiger partial charge in [0.05, 0.1) is 10.6 Å². The molecule has 0 radical (unpaired) electrons. The number of Topliss-reactive ketones (excluding diaryl/α,β-unsaturated/α-hetero) is 1. The van der Waals surface area contributed by atoms with Crippen LogP contribution >= 0.6 is 23.1 Å². The van der Waals surface area contributed by atoms with Crippen LogP contribution in [0.25, 0.3) is 10.7 Å². The van der Waals surface area contributed by atoms with E-state index >= 15 is 0 Å². The molecule has 0 atom stereocenters. The predicted octanol–water partition coefficient (Wildman–Crippen LogP) is 4.13. The van der Waals surface area contributed by atoms with Gasteiger partial charge < -0.3 is 0 Å². The van der Waals surface area contributed by atoms with Crippen molar-refractivity contribution in [1.82, 2.24) is 15.2 Å². The molecule has 0 fully saturated rings. The number of rotatable bonds is 5. The molecule has 0 spiro atoms. The zero-order valence-corrected chi connectivity index (χ0v) is 13.9. The van der Waals surface area contributed by atoms with Gasteiger partial charge in [-0.1, -0.05) is 35.5 Å². The number of H-pyrrole nitrogens is 1. The molecular weight excluding hydrogens is 314 g/mol. The van der Waals surface area contributed by atoms with Crippen LogP contribution in [-0.4, -0.2) is 26.7 Å². The van der Waals surface area contributed by atoms with Crippen LogP contribution in [0.4, 0.5) is 0 Å². The predicted molar refractivity (Wildman–Crippen MR) is 90.7 cm³/mol. The minimum atomic E-state index is 0.105. The fraction of sp³-hybridized carbons (Fsp3) is 0.188. The van der Waals surface area contributed by atoms with Crippen molar-refractivity contribution in [2.45, 2.75) is 19.0 Å². The zero-order chi connectivity index (χ0) is 15.5. The Morgan fingerprint density at radius 1 is 1.32 bits per heavy atom. The fourth-order valence-corrected chi connectivity index (χ4v) is 3.42. The molecule has 1 aromatic carbocycles. The minimum Gasteiger partial charge on any atom is -0.293 e. The molecule has 2 heterocycles. The van der Waals surface area contributed by atoms with E-state index in [1.807, 2.05) is 49.6 Å². The Morgan fingerprint density at radius 3 is 2.95 bits per heavy atom. The SMILES string of the molecule is Cc1ccc(C)c(C(=O)CSc2n[nH]c(-c3cccs3)n2)c1. The number of ketones is 1. The number of nitrogens with zero attached hydrogens (tertiary/aromatic N) is 2. The quantitative estimate of drug-likeness (QED) is 0.565. The number of aromatic amines is 1. The number of aromatic nitrogens is 3. The second kappa shape index (κ2) is 6.46. The highest BCUT2D eigenvalue weighted by atomic mass is 32.2. The fourth-order valence-electron chi connectivity index (χ4n) is 2.08. The van der Waals surface area contributed by atoms with E-state index < -0.39 is 0 Å². The van der Waals surface area contributed by atoms with Gasteiger partial charge in [0.1, 0.15) is 0 Å². The van der Waals surface area contributed by atoms with Crippen LogP contribution in [-0.2, 0) is 0 Å². The lowest BCUT2D eigenvalue weighted by molar-refractivity contribution is 0.102. The third kappa shape index (κ3) is 3.28. The van der Waals surface area contributed by atoms with E-state index in [2.05, 4.69) is 15.2 Å². The Balaban J connectivity index is 1.67. The first-order valence-corrected chi connectivity index (χ1v) is 8.69. The highest BCUT2D eigenvalue weighted by molar-refractivity contribution is 7.99. The largest absolute Gasteiger partial charge is 0.293 e. The second-order valence-corrected chi connectivity index (χ2v) is 6.86. The molecule has 0 amide bonds. The smallest absolute Gasteiger partial charge is 0.209 e. The summed E-state index contributed by atoms with van der Waals surface area (Å²) in [7, 11) is 0. The summed E-state index contributed by atoms with van der Waals surface area (Å²) in [5.74, 6) is 1.19. The van der Waals surface area contributed by atoms with Gasteiger partial charge in [0, 0.05) is 5.56 Å². The van der Waals surface area contributed by atoms with Crippen LogP contribution in [0, 0.1) is 13.8 Å². The van der Waals surface area contributed by atoms with Crippen molar-refractivity contribution in [2.75, 3.05) is 5.75 Å². The molecule has 0 unspecified atom stereocenters. The Kier molecular flexibility index (Phi) is 4.40. The molecule has 112 valence electrons. The van der Waals surface area contributed by atoms with Crippen molar-refractivity contribution in [3.63, 3.8) is 0 Å². The number of thioether (sulfide) groups is 1. The van der Waals surface area contributed by atoms with Crippen molar-refractivity contribution in [2.24, 2.45) is 0 Å². The van der Waals surface area contributed by atoms with Gasteiger partial charge in [-0.3, -0.25) is 9.89 Å². The summed E-state index contributed by atoms with van der Waals surface area (Å²) in [4.78, 5) is 17.8. The Bertz CT molecular complexity index is 794. The van der Waals surface area contributed by atoms with E-state index in [9.17, 15) is 4.79 Å². The molecule has 0 bridgehead atoms. The first-order valence-electron chi connectivity index (χ1n) is 6.83. The standard InChI is InChI=1S/C16H15N3OS2/c1-10-5-6-11(2)12(8-10)13(20)9-22-16-17-15(18-19-16)14-4-3-7-21-14/h3-8H,9H2,1-2H3,(H,17,18,19). The molecule has 2 aromatic heterocycles. The number of hydrogen-bond donors (Lipinski definition) is 1. The van der Waals surface area contributed by atoms with Crippen LogP contribution in [0.5, 0.6) is 0 Å². The zero-order valence-electron chi connectivity index (χ0n) is 12.3. The van der Waals surface area contributed by atoms with Gasteiger partial charge in [0.2, 0.25) is 5.16 Å². The second-order valence-electron chi connectivity index (χ2n) is 4.97. The van der Waals surface area contributed by atoms with Crippen molar-refractivity contribution in [1.29, 1.82) is 0 Å². The van der Waals surface area contributed by atoms with E-state index in [-0.39, 0.29) is 5.78 Å². The monoisotopic (exact) mass is 329 g/mol. The number of thiophene rings is 1. The van der Waals surface area contributed by atoms with Gasteiger partial charge in [-0.05, 0) is 36.9 Å². The molecule has 6 heteroatoms. The van der Waals surface area contributed by atoms with Gasteiger partial charge in [-0.15, -0.1) is 16.4 Å². The van der Waals surface area contributed by atoms with Gasteiger partial charge in [0.25, 0.3) is 0 Å². The number of benzene rings is 1. The third-order valence-electron chi connectivity index (χ3n) is 3.25. The summed E-state index contributed by atoms with van der Waals surface area (Å²) >= 11 is 2.96. The molecule has 0 aliphatic rings. The van der Waals surface area contributed by atoms with Crippen molar-refractivity contribution < 1.29 is 4.79 Å². The van der Waals surface area contributed by atoms with Crippen LogP contribution in [0.2, 0.25) is 0 Å². The molecule has 3 aromatic rings. The minimum absolute atomic E-state index is 0.105. The van der Waals surface area contributed by atoms with E-state index in [1.54, 1.807) is 11.3 Å².